The van der Waals surface area contributed by atoms with Crippen molar-refractivity contribution in [2.45, 2.75) is 36.1 Å². The number of carboxylic acids is 1. The molecule has 2 aliphatic rings. The number of aliphatic hydroxyl groups excluding tert-OH is 1. The molecule has 22 heavy (non-hydrogen) atoms. The van der Waals surface area contributed by atoms with Gasteiger partial charge in [-0.2, -0.15) is 0 Å². The number of fused-ring (bicyclic) bond motifs is 1. The number of pyridine rings is 1. The Labute approximate surface area is 175 Å². The second kappa shape index (κ2) is 6.50. The van der Waals surface area contributed by atoms with Crippen LogP contribution in [0.2, 0.25) is 0 Å². The van der Waals surface area contributed by atoms with Crippen LogP contribution in [0.25, 0.3) is 0 Å². The van der Waals surface area contributed by atoms with Crippen LogP contribution in [0.1, 0.15) is 25.5 Å². The smallest absolute Gasteiger partial charge is 0.548 e. The maximum absolute atomic E-state index is 12.3. The van der Waals surface area contributed by atoms with Crippen LogP contribution in [0.5, 0.6) is 0 Å². The van der Waals surface area contributed by atoms with Crippen molar-refractivity contribution in [2.24, 2.45) is 5.92 Å². The van der Waals surface area contributed by atoms with Gasteiger partial charge in [0, 0.05) is 17.1 Å². The van der Waals surface area contributed by atoms with Crippen molar-refractivity contribution in [1.82, 2.24) is 9.88 Å². The number of thioether (sulfide) groups is 1. The number of carbonyl (C=O) groups excluding carboxylic acids is 2. The van der Waals surface area contributed by atoms with Gasteiger partial charge in [-0.1, -0.05) is 6.07 Å². The van der Waals surface area contributed by atoms with E-state index in [1.54, 1.807) is 32.2 Å². The van der Waals surface area contributed by atoms with E-state index in [9.17, 15) is 19.8 Å². The standard InChI is InChI=1S/C14H16N2O4S.K/c1-14(2)10(13(19)20)16-11(18)8(12(16)21-14)9(17)7-4-3-5-15-6-7;/h3-6,8-10,12,17H,1-2H3,(H,19,20);/q;+1/p-1/t8-,9+,10+,12-;/m1./s1. The van der Waals surface area contributed by atoms with Gasteiger partial charge in [0.2, 0.25) is 5.91 Å². The first-order valence-electron chi connectivity index (χ1n) is 6.63. The number of β-lactam (4-membered cyclic amide) rings is 1. The molecule has 2 aliphatic heterocycles. The quantitative estimate of drug-likeness (QED) is 0.452. The average molecular weight is 346 g/mol. The van der Waals surface area contributed by atoms with E-state index >= 15 is 0 Å². The Morgan fingerprint density at radius 2 is 2.23 bits per heavy atom. The number of carboxylic acid groups (broad SMARTS) is 1. The topological polar surface area (TPSA) is 93.6 Å². The van der Waals surface area contributed by atoms with Crippen LogP contribution < -0.4 is 56.5 Å². The van der Waals surface area contributed by atoms with E-state index in [4.69, 9.17) is 0 Å². The molecule has 3 heterocycles. The Bertz CT molecular complexity index is 598. The normalized spacial score (nSPS) is 30.0. The van der Waals surface area contributed by atoms with Gasteiger partial charge in [0.25, 0.3) is 0 Å². The molecule has 0 radical (unpaired) electrons. The Morgan fingerprint density at radius 3 is 2.77 bits per heavy atom. The molecule has 2 fully saturated rings. The Kier molecular flexibility index (Phi) is 5.43. The molecular formula is C14H15KN2O4S. The van der Waals surface area contributed by atoms with Crippen molar-refractivity contribution in [3.05, 3.63) is 30.1 Å². The largest absolute Gasteiger partial charge is 1.00 e. The van der Waals surface area contributed by atoms with Gasteiger partial charge in [0.1, 0.15) is 0 Å². The molecule has 0 saturated carbocycles. The van der Waals surface area contributed by atoms with Crippen LogP contribution in [0.4, 0.5) is 0 Å². The molecule has 0 bridgehead atoms. The van der Waals surface area contributed by atoms with E-state index in [0.717, 1.165) is 0 Å². The Morgan fingerprint density at radius 1 is 1.55 bits per heavy atom. The van der Waals surface area contributed by atoms with Gasteiger partial charge in [0.15, 0.2) is 0 Å². The first-order valence-corrected chi connectivity index (χ1v) is 7.51. The summed E-state index contributed by atoms with van der Waals surface area (Å²) in [5.74, 6) is -2.23. The van der Waals surface area contributed by atoms with E-state index in [2.05, 4.69) is 4.98 Å². The van der Waals surface area contributed by atoms with Gasteiger partial charge in [-0.15, -0.1) is 11.8 Å². The maximum Gasteiger partial charge on any atom is 1.00 e. The number of aromatic nitrogens is 1. The van der Waals surface area contributed by atoms with Crippen LogP contribution >= 0.6 is 11.8 Å². The second-order valence-electron chi connectivity index (χ2n) is 5.84. The molecule has 1 amide bonds. The van der Waals surface area contributed by atoms with Crippen molar-refractivity contribution in [1.29, 1.82) is 0 Å². The molecule has 0 spiro atoms. The van der Waals surface area contributed by atoms with E-state index in [1.165, 1.54) is 22.9 Å². The molecule has 4 atom stereocenters. The molecule has 1 N–H and O–H groups in total. The minimum absolute atomic E-state index is 0. The summed E-state index contributed by atoms with van der Waals surface area (Å²) >= 11 is 1.39. The number of hydrogen-bond acceptors (Lipinski definition) is 6. The Hall–Kier alpha value is 0.0364. The van der Waals surface area contributed by atoms with Crippen molar-refractivity contribution in [3.63, 3.8) is 0 Å². The summed E-state index contributed by atoms with van der Waals surface area (Å²) in [5.41, 5.74) is 0.561. The molecule has 6 nitrogen and oxygen atoms in total. The van der Waals surface area contributed by atoms with Crippen molar-refractivity contribution in [2.75, 3.05) is 0 Å². The molecule has 3 rings (SSSR count). The molecule has 112 valence electrons. The van der Waals surface area contributed by atoms with Gasteiger partial charge in [0.05, 0.1) is 29.4 Å². The van der Waals surface area contributed by atoms with Gasteiger partial charge in [-0.25, -0.2) is 0 Å². The number of rotatable bonds is 3. The number of aliphatic carboxylic acids is 1. The minimum Gasteiger partial charge on any atom is -0.548 e. The van der Waals surface area contributed by atoms with Gasteiger partial charge in [-0.05, 0) is 25.5 Å². The zero-order chi connectivity index (χ0) is 15.4. The predicted octanol–water partition coefficient (Wildman–Crippen LogP) is -3.45. The van der Waals surface area contributed by atoms with E-state index in [-0.39, 0.29) is 62.7 Å². The first kappa shape index (κ1) is 18.4. The third-order valence-electron chi connectivity index (χ3n) is 4.07. The third-order valence-corrected chi connectivity index (χ3v) is 5.66. The van der Waals surface area contributed by atoms with Crippen LogP contribution in [-0.4, -0.2) is 43.0 Å². The molecule has 1 aromatic heterocycles. The molecule has 0 aromatic carbocycles. The number of amides is 1. The Balaban J connectivity index is 0.00000176. The summed E-state index contributed by atoms with van der Waals surface area (Å²) in [4.78, 5) is 28.9. The van der Waals surface area contributed by atoms with E-state index in [0.29, 0.717) is 5.56 Å². The zero-order valence-electron chi connectivity index (χ0n) is 12.6. The monoisotopic (exact) mass is 346 g/mol. The fraction of sp³-hybridized carbons (Fsp3) is 0.500. The van der Waals surface area contributed by atoms with Gasteiger partial charge < -0.3 is 19.9 Å². The predicted molar refractivity (Wildman–Crippen MR) is 73.8 cm³/mol. The molecule has 8 heteroatoms. The van der Waals surface area contributed by atoms with Gasteiger partial charge >= 0.3 is 51.4 Å². The first-order chi connectivity index (χ1) is 9.84. The molecular weight excluding hydrogens is 331 g/mol. The number of nitrogens with zero attached hydrogens (tertiary/aromatic N) is 2. The fourth-order valence-corrected chi connectivity index (χ4v) is 4.78. The zero-order valence-corrected chi connectivity index (χ0v) is 16.5. The third kappa shape index (κ3) is 2.79. The molecule has 1 aromatic rings. The summed E-state index contributed by atoms with van der Waals surface area (Å²) in [6, 6.07) is 2.43. The minimum atomic E-state index is -1.25. The molecule has 2 saturated heterocycles. The van der Waals surface area contributed by atoms with Crippen molar-refractivity contribution in [3.8, 4) is 0 Å². The van der Waals surface area contributed by atoms with Crippen molar-refractivity contribution < 1.29 is 71.2 Å². The number of aliphatic hydroxyl groups is 1. The van der Waals surface area contributed by atoms with E-state index in [1.807, 2.05) is 0 Å². The summed E-state index contributed by atoms with van der Waals surface area (Å²) in [6.45, 7) is 3.55. The fourth-order valence-electron chi connectivity index (χ4n) is 3.07. The van der Waals surface area contributed by atoms with Crippen LogP contribution in [0, 0.1) is 5.92 Å². The van der Waals surface area contributed by atoms with Crippen LogP contribution in [-0.2, 0) is 9.59 Å². The molecule has 0 unspecified atom stereocenters. The SMILES string of the molecule is CC1(C)S[C@@H]2[C@H]([C@@H](O)c3cccnc3)C(=O)N2[C@H]1C(=O)[O-].[K+]. The maximum atomic E-state index is 12.3. The van der Waals surface area contributed by atoms with Crippen molar-refractivity contribution >= 4 is 23.6 Å². The second-order valence-corrected chi connectivity index (χ2v) is 7.61. The number of carbonyl (C=O) groups is 2. The van der Waals surface area contributed by atoms with Crippen LogP contribution in [0.15, 0.2) is 24.5 Å². The van der Waals surface area contributed by atoms with E-state index < -0.39 is 28.8 Å². The summed E-state index contributed by atoms with van der Waals surface area (Å²) in [5, 5.41) is 21.4. The number of hydrogen-bond donors (Lipinski definition) is 1. The summed E-state index contributed by atoms with van der Waals surface area (Å²) in [7, 11) is 0. The van der Waals surface area contributed by atoms with Crippen LogP contribution in [0.3, 0.4) is 0 Å². The van der Waals surface area contributed by atoms with Gasteiger partial charge in [-0.3, -0.25) is 9.78 Å². The summed E-state index contributed by atoms with van der Waals surface area (Å²) < 4.78 is -0.636. The molecule has 0 aliphatic carbocycles. The summed E-state index contributed by atoms with van der Waals surface area (Å²) in [6.07, 6.45) is 2.13. The average Bonchev–Trinajstić information content (AvgIpc) is 2.68.